The molecule has 1 unspecified atom stereocenters. The van der Waals surface area contributed by atoms with Gasteiger partial charge in [-0.1, -0.05) is 248 Å². The van der Waals surface area contributed by atoms with Gasteiger partial charge in [0.15, 0.2) is 6.10 Å². The molecule has 416 valence electrons. The molecule has 0 saturated heterocycles. The predicted octanol–water partition coefficient (Wildman–Crippen LogP) is 20.1. The van der Waals surface area contributed by atoms with Gasteiger partial charge in [-0.2, -0.15) is 0 Å². The predicted molar refractivity (Wildman–Crippen MR) is 324 cm³/mol. The average Bonchev–Trinajstić information content (AvgIpc) is 3.41. The molecule has 0 bridgehead atoms. The first-order chi connectivity index (χ1) is 37.0. The number of carbonyl (C=O) groups is 3. The fourth-order valence-corrected chi connectivity index (χ4v) is 7.15. The summed E-state index contributed by atoms with van der Waals surface area (Å²) >= 11 is 0. The Balaban J connectivity index is 4.53. The molecule has 6 heteroatoms. The fraction of sp³-hybridized carbons (Fsp3) is 0.522. The Hall–Kier alpha value is -5.49. The molecule has 1 atom stereocenters. The minimum Gasteiger partial charge on any atom is -0.462 e. The van der Waals surface area contributed by atoms with Gasteiger partial charge in [0.2, 0.25) is 0 Å². The van der Waals surface area contributed by atoms with Crippen molar-refractivity contribution in [1.29, 1.82) is 0 Å². The Bertz CT molecular complexity index is 1800. The van der Waals surface area contributed by atoms with E-state index in [2.05, 4.69) is 179 Å². The minimum absolute atomic E-state index is 0.143. The van der Waals surface area contributed by atoms with E-state index in [1.165, 1.54) is 38.5 Å². The molecule has 0 spiro atoms. The van der Waals surface area contributed by atoms with E-state index in [1.807, 2.05) is 24.3 Å². The van der Waals surface area contributed by atoms with Crippen LogP contribution >= 0.6 is 0 Å². The zero-order valence-corrected chi connectivity index (χ0v) is 47.5. The third-order valence-corrected chi connectivity index (χ3v) is 11.4. The number of allylic oxidation sites excluding steroid dienone is 30. The molecule has 0 fully saturated rings. The first kappa shape index (κ1) is 69.5. The first-order valence-corrected chi connectivity index (χ1v) is 29.3. The quantitative estimate of drug-likeness (QED) is 0.0261. The Kier molecular flexibility index (Phi) is 56.6. The summed E-state index contributed by atoms with van der Waals surface area (Å²) in [5.74, 6) is -1.13. The number of unbranched alkanes of at least 4 members (excludes halogenated alkanes) is 9. The van der Waals surface area contributed by atoms with Gasteiger partial charge in [-0.15, -0.1) is 0 Å². The van der Waals surface area contributed by atoms with Crippen LogP contribution in [0, 0.1) is 0 Å². The fourth-order valence-electron chi connectivity index (χ4n) is 7.15. The highest BCUT2D eigenvalue weighted by Crippen LogP contribution is 2.13. The monoisotopic (exact) mass is 1030 g/mol. The Morgan fingerprint density at radius 2 is 0.507 bits per heavy atom. The van der Waals surface area contributed by atoms with E-state index < -0.39 is 12.1 Å². The van der Waals surface area contributed by atoms with Crippen molar-refractivity contribution in [2.24, 2.45) is 0 Å². The van der Waals surface area contributed by atoms with Crippen LogP contribution in [-0.2, 0) is 28.6 Å². The number of carbonyl (C=O) groups excluding carboxylic acids is 3. The largest absolute Gasteiger partial charge is 0.462 e. The summed E-state index contributed by atoms with van der Waals surface area (Å²) in [5.41, 5.74) is 0. The molecule has 0 heterocycles. The summed E-state index contributed by atoms with van der Waals surface area (Å²) in [4.78, 5) is 38.1. The molecule has 0 N–H and O–H groups in total. The average molecular weight is 1030 g/mol. The lowest BCUT2D eigenvalue weighted by Gasteiger charge is -2.18. The molecule has 0 aliphatic heterocycles. The van der Waals surface area contributed by atoms with Crippen molar-refractivity contribution in [3.8, 4) is 0 Å². The van der Waals surface area contributed by atoms with Crippen LogP contribution in [-0.4, -0.2) is 37.2 Å². The zero-order valence-electron chi connectivity index (χ0n) is 47.5. The topological polar surface area (TPSA) is 78.9 Å². The standard InChI is InChI=1S/C69H104O6/c1-4-7-10-13-16-19-22-25-27-29-31-32-33-34-35-36-38-39-41-44-47-50-53-56-59-62-68(71)74-65-66(64-73-67(70)61-58-55-52-49-46-43-24-21-18-15-12-9-6-3)75-69(72)63-60-57-54-51-48-45-42-40-37-30-28-26-23-20-17-14-11-8-5-2/h7-12,16-21,25-28,31-32,34-35,37,40,43,45-46,48,52,54-55,57,66H,4-6,13-15,22-24,29-30,33,36,38-39,41-42,44,47,49-51,53,56,58-65H2,1-3H3/b10-7-,11-8-,12-9-,19-16-,20-17-,21-18-,27-25-,28-26-,32-31-,35-34-,40-37-,46-43-,48-45-,55-52-,57-54-. The van der Waals surface area contributed by atoms with Gasteiger partial charge < -0.3 is 14.2 Å². The van der Waals surface area contributed by atoms with Crippen molar-refractivity contribution in [2.45, 2.75) is 219 Å². The third-order valence-electron chi connectivity index (χ3n) is 11.4. The minimum atomic E-state index is -0.861. The van der Waals surface area contributed by atoms with Gasteiger partial charge in [0, 0.05) is 19.3 Å². The Morgan fingerprint density at radius 1 is 0.267 bits per heavy atom. The van der Waals surface area contributed by atoms with Gasteiger partial charge in [0.25, 0.3) is 0 Å². The summed E-state index contributed by atoms with van der Waals surface area (Å²) in [5, 5.41) is 0. The molecule has 75 heavy (non-hydrogen) atoms. The SMILES string of the molecule is CC/C=C\C/C=C\C/C=C\C/C=C\C/C=C\C/C=C\CCC(=O)OC(COC(=O)CC/C=C\C/C=C\C/C=C\C/C=C\CC)COC(=O)CCCCCCCCCCC/C=C\C/C=C\C/C=C\C/C=C\C/C=C\CC. The number of hydrogen-bond donors (Lipinski definition) is 0. The van der Waals surface area contributed by atoms with Crippen molar-refractivity contribution >= 4 is 17.9 Å². The lowest BCUT2D eigenvalue weighted by Crippen LogP contribution is -2.30. The van der Waals surface area contributed by atoms with E-state index in [9.17, 15) is 14.4 Å². The van der Waals surface area contributed by atoms with E-state index in [-0.39, 0.29) is 38.0 Å². The molecular weight excluding hydrogens is 925 g/mol. The summed E-state index contributed by atoms with van der Waals surface area (Å²) in [6.07, 6.45) is 92.0. The van der Waals surface area contributed by atoms with Gasteiger partial charge in [0.05, 0.1) is 0 Å². The maximum absolute atomic E-state index is 12.8. The molecular formula is C69H104O6. The van der Waals surface area contributed by atoms with Crippen molar-refractivity contribution in [3.63, 3.8) is 0 Å². The lowest BCUT2D eigenvalue weighted by molar-refractivity contribution is -0.166. The molecule has 0 amide bonds. The molecule has 6 nitrogen and oxygen atoms in total. The maximum Gasteiger partial charge on any atom is 0.306 e. The van der Waals surface area contributed by atoms with E-state index in [0.717, 1.165) is 122 Å². The van der Waals surface area contributed by atoms with Crippen molar-refractivity contribution in [2.75, 3.05) is 13.2 Å². The summed E-state index contributed by atoms with van der Waals surface area (Å²) in [6, 6.07) is 0. The smallest absolute Gasteiger partial charge is 0.306 e. The molecule has 0 aliphatic rings. The summed E-state index contributed by atoms with van der Waals surface area (Å²) in [6.45, 7) is 6.14. The summed E-state index contributed by atoms with van der Waals surface area (Å²) in [7, 11) is 0. The summed E-state index contributed by atoms with van der Waals surface area (Å²) < 4.78 is 16.7. The van der Waals surface area contributed by atoms with Crippen LogP contribution < -0.4 is 0 Å². The number of esters is 3. The van der Waals surface area contributed by atoms with Crippen LogP contribution in [0.25, 0.3) is 0 Å². The molecule has 0 saturated carbocycles. The third kappa shape index (κ3) is 59.3. The van der Waals surface area contributed by atoms with Crippen LogP contribution in [0.3, 0.4) is 0 Å². The van der Waals surface area contributed by atoms with Crippen LogP contribution in [0.5, 0.6) is 0 Å². The molecule has 0 aromatic rings. The molecule has 0 aliphatic carbocycles. The first-order valence-electron chi connectivity index (χ1n) is 29.3. The van der Waals surface area contributed by atoms with E-state index in [1.54, 1.807) is 0 Å². The molecule has 0 rings (SSSR count). The van der Waals surface area contributed by atoms with Gasteiger partial charge in [-0.25, -0.2) is 0 Å². The normalized spacial score (nSPS) is 13.5. The Morgan fingerprint density at radius 3 is 0.827 bits per heavy atom. The van der Waals surface area contributed by atoms with Crippen LogP contribution in [0.15, 0.2) is 182 Å². The van der Waals surface area contributed by atoms with Gasteiger partial charge >= 0.3 is 17.9 Å². The molecule has 0 aromatic heterocycles. The lowest BCUT2D eigenvalue weighted by atomic mass is 10.1. The number of ether oxygens (including phenoxy) is 3. The highest BCUT2D eigenvalue weighted by atomic mass is 16.6. The van der Waals surface area contributed by atoms with Crippen LogP contribution in [0.1, 0.15) is 213 Å². The second-order valence-electron chi connectivity index (χ2n) is 18.4. The van der Waals surface area contributed by atoms with Gasteiger partial charge in [-0.05, 0) is 128 Å². The van der Waals surface area contributed by atoms with E-state index in [0.29, 0.717) is 19.3 Å². The van der Waals surface area contributed by atoms with Crippen molar-refractivity contribution < 1.29 is 28.6 Å². The zero-order chi connectivity index (χ0) is 54.3. The van der Waals surface area contributed by atoms with Crippen molar-refractivity contribution in [1.82, 2.24) is 0 Å². The second-order valence-corrected chi connectivity index (χ2v) is 18.4. The number of rotatable bonds is 50. The van der Waals surface area contributed by atoms with E-state index in [4.69, 9.17) is 14.2 Å². The second kappa shape index (κ2) is 61.1. The van der Waals surface area contributed by atoms with Gasteiger partial charge in [0.1, 0.15) is 13.2 Å². The maximum atomic E-state index is 12.8. The highest BCUT2D eigenvalue weighted by molar-refractivity contribution is 5.71. The van der Waals surface area contributed by atoms with Crippen molar-refractivity contribution in [3.05, 3.63) is 182 Å². The van der Waals surface area contributed by atoms with Gasteiger partial charge in [-0.3, -0.25) is 14.4 Å². The highest BCUT2D eigenvalue weighted by Gasteiger charge is 2.19. The molecule has 0 radical (unpaired) electrons. The van der Waals surface area contributed by atoms with E-state index >= 15 is 0 Å². The number of hydrogen-bond acceptors (Lipinski definition) is 6. The van der Waals surface area contributed by atoms with Crippen LogP contribution in [0.2, 0.25) is 0 Å². The Labute approximate surface area is 459 Å². The molecule has 0 aromatic carbocycles. The van der Waals surface area contributed by atoms with Crippen LogP contribution in [0.4, 0.5) is 0 Å².